The van der Waals surface area contributed by atoms with Crippen LogP contribution in [0.15, 0.2) is 35.0 Å². The second kappa shape index (κ2) is 6.11. The topological polar surface area (TPSA) is 67.9 Å². The Morgan fingerprint density at radius 1 is 1.19 bits per heavy atom. The fourth-order valence-electron chi connectivity index (χ4n) is 1.98. The molecule has 0 N–H and O–H groups in total. The molecule has 3 aromatic rings. The van der Waals surface area contributed by atoms with Crippen LogP contribution in [0.2, 0.25) is 0 Å². The Kier molecular flexibility index (Phi) is 4.03. The average Bonchev–Trinajstić information content (AvgIpc) is 3.09. The molecule has 3 aromatic heterocycles. The van der Waals surface area contributed by atoms with E-state index >= 15 is 0 Å². The third kappa shape index (κ3) is 3.50. The minimum absolute atomic E-state index is 0.665. The summed E-state index contributed by atoms with van der Waals surface area (Å²) < 4.78 is 5.37. The fourth-order valence-corrected chi connectivity index (χ4v) is 2.77. The molecular formula is C14H15N5OS. The lowest BCUT2D eigenvalue weighted by atomic mass is 10.2. The SMILES string of the molecule is Cc1nnc(CN(C)Cc2cc(-c3ccccn3)no2)s1. The van der Waals surface area contributed by atoms with Crippen LogP contribution in [-0.2, 0) is 13.1 Å². The summed E-state index contributed by atoms with van der Waals surface area (Å²) in [7, 11) is 2.01. The van der Waals surface area contributed by atoms with Crippen LogP contribution in [0.4, 0.5) is 0 Å². The van der Waals surface area contributed by atoms with Crippen LogP contribution >= 0.6 is 11.3 Å². The molecule has 3 heterocycles. The Hall–Kier alpha value is -2.12. The lowest BCUT2D eigenvalue weighted by Gasteiger charge is -2.11. The predicted molar refractivity (Wildman–Crippen MR) is 79.6 cm³/mol. The molecule has 0 saturated heterocycles. The molecule has 21 heavy (non-hydrogen) atoms. The van der Waals surface area contributed by atoms with E-state index in [1.165, 1.54) is 0 Å². The normalized spacial score (nSPS) is 11.2. The van der Waals surface area contributed by atoms with Crippen molar-refractivity contribution in [3.63, 3.8) is 0 Å². The van der Waals surface area contributed by atoms with E-state index < -0.39 is 0 Å². The van der Waals surface area contributed by atoms with E-state index in [-0.39, 0.29) is 0 Å². The molecule has 0 atom stereocenters. The maximum Gasteiger partial charge on any atom is 0.151 e. The van der Waals surface area contributed by atoms with Crippen molar-refractivity contribution in [1.82, 2.24) is 25.2 Å². The van der Waals surface area contributed by atoms with E-state index in [1.54, 1.807) is 17.5 Å². The van der Waals surface area contributed by atoms with Gasteiger partial charge in [-0.25, -0.2) is 0 Å². The van der Waals surface area contributed by atoms with Crippen LogP contribution in [0, 0.1) is 6.92 Å². The highest BCUT2D eigenvalue weighted by Gasteiger charge is 2.11. The summed E-state index contributed by atoms with van der Waals surface area (Å²) in [4.78, 5) is 6.37. The van der Waals surface area contributed by atoms with E-state index in [0.717, 1.165) is 33.7 Å². The van der Waals surface area contributed by atoms with Crippen LogP contribution in [0.5, 0.6) is 0 Å². The lowest BCUT2D eigenvalue weighted by Crippen LogP contribution is -2.16. The zero-order chi connectivity index (χ0) is 14.7. The molecule has 0 bridgehead atoms. The minimum Gasteiger partial charge on any atom is -0.359 e. The molecule has 3 rings (SSSR count). The van der Waals surface area contributed by atoms with E-state index in [1.807, 2.05) is 38.2 Å². The Morgan fingerprint density at radius 3 is 2.81 bits per heavy atom. The van der Waals surface area contributed by atoms with Crippen molar-refractivity contribution >= 4 is 11.3 Å². The van der Waals surface area contributed by atoms with E-state index in [9.17, 15) is 0 Å². The first kappa shape index (κ1) is 13.8. The second-order valence-corrected chi connectivity index (χ2v) is 6.05. The summed E-state index contributed by atoms with van der Waals surface area (Å²) in [5.41, 5.74) is 1.57. The number of aryl methyl sites for hydroxylation is 1. The summed E-state index contributed by atoms with van der Waals surface area (Å²) in [6, 6.07) is 7.64. The highest BCUT2D eigenvalue weighted by molar-refractivity contribution is 7.11. The molecule has 0 radical (unpaired) electrons. The zero-order valence-electron chi connectivity index (χ0n) is 11.9. The van der Waals surface area contributed by atoms with Gasteiger partial charge in [0.1, 0.15) is 15.7 Å². The van der Waals surface area contributed by atoms with E-state index in [0.29, 0.717) is 6.54 Å². The lowest BCUT2D eigenvalue weighted by molar-refractivity contribution is 0.266. The summed E-state index contributed by atoms with van der Waals surface area (Å²) in [5, 5.41) is 14.2. The highest BCUT2D eigenvalue weighted by atomic mass is 32.1. The van der Waals surface area contributed by atoms with Gasteiger partial charge < -0.3 is 4.52 Å². The van der Waals surface area contributed by atoms with Crippen molar-refractivity contribution < 1.29 is 4.52 Å². The molecule has 7 heteroatoms. The van der Waals surface area contributed by atoms with Gasteiger partial charge in [-0.3, -0.25) is 9.88 Å². The molecular weight excluding hydrogens is 286 g/mol. The third-order valence-corrected chi connectivity index (χ3v) is 3.71. The number of hydrogen-bond donors (Lipinski definition) is 0. The summed E-state index contributed by atoms with van der Waals surface area (Å²) in [6.45, 7) is 3.36. The quantitative estimate of drug-likeness (QED) is 0.721. The zero-order valence-corrected chi connectivity index (χ0v) is 12.7. The average molecular weight is 301 g/mol. The smallest absolute Gasteiger partial charge is 0.151 e. The molecule has 0 unspecified atom stereocenters. The number of nitrogens with zero attached hydrogens (tertiary/aromatic N) is 5. The number of rotatable bonds is 5. The van der Waals surface area contributed by atoms with Crippen LogP contribution in [0.25, 0.3) is 11.4 Å². The maximum atomic E-state index is 5.37. The van der Waals surface area contributed by atoms with Gasteiger partial charge in [0.05, 0.1) is 18.8 Å². The largest absolute Gasteiger partial charge is 0.359 e. The van der Waals surface area contributed by atoms with Crippen molar-refractivity contribution in [1.29, 1.82) is 0 Å². The van der Waals surface area contributed by atoms with E-state index in [2.05, 4.69) is 25.2 Å². The Labute approximate surface area is 126 Å². The van der Waals surface area contributed by atoms with Gasteiger partial charge in [-0.15, -0.1) is 21.5 Å². The number of aromatic nitrogens is 4. The molecule has 0 aliphatic rings. The monoisotopic (exact) mass is 301 g/mol. The fraction of sp³-hybridized carbons (Fsp3) is 0.286. The minimum atomic E-state index is 0.665. The van der Waals surface area contributed by atoms with E-state index in [4.69, 9.17) is 4.52 Å². The van der Waals surface area contributed by atoms with Crippen molar-refractivity contribution in [3.8, 4) is 11.4 Å². The number of pyridine rings is 1. The van der Waals surface area contributed by atoms with Crippen molar-refractivity contribution in [2.45, 2.75) is 20.0 Å². The maximum absolute atomic E-state index is 5.37. The van der Waals surface area contributed by atoms with Crippen LogP contribution in [0.3, 0.4) is 0 Å². The van der Waals surface area contributed by atoms with Gasteiger partial charge in [-0.05, 0) is 26.1 Å². The Morgan fingerprint density at radius 2 is 2.10 bits per heavy atom. The molecule has 6 nitrogen and oxygen atoms in total. The molecule has 0 aliphatic carbocycles. The molecule has 0 spiro atoms. The van der Waals surface area contributed by atoms with Crippen LogP contribution < -0.4 is 0 Å². The molecule has 0 aliphatic heterocycles. The van der Waals surface area contributed by atoms with Crippen molar-refractivity contribution in [2.75, 3.05) is 7.05 Å². The first-order valence-electron chi connectivity index (χ1n) is 6.55. The molecule has 0 fully saturated rings. The van der Waals surface area contributed by atoms with Gasteiger partial charge in [0, 0.05) is 12.3 Å². The third-order valence-electron chi connectivity index (χ3n) is 2.89. The van der Waals surface area contributed by atoms with Gasteiger partial charge >= 0.3 is 0 Å². The van der Waals surface area contributed by atoms with Gasteiger partial charge in [0.2, 0.25) is 0 Å². The first-order valence-corrected chi connectivity index (χ1v) is 7.37. The molecule has 0 aromatic carbocycles. The Bertz CT molecular complexity index is 709. The van der Waals surface area contributed by atoms with Crippen LogP contribution in [-0.4, -0.2) is 32.3 Å². The standard InChI is InChI=1S/C14H15N5OS/c1-10-16-17-14(21-10)9-19(2)8-11-7-13(18-20-11)12-5-3-4-6-15-12/h3-7H,8-9H2,1-2H3. The van der Waals surface area contributed by atoms with Gasteiger partial charge in [-0.1, -0.05) is 11.2 Å². The number of hydrogen-bond acceptors (Lipinski definition) is 7. The van der Waals surface area contributed by atoms with Gasteiger partial charge in [0.25, 0.3) is 0 Å². The summed E-state index contributed by atoms with van der Waals surface area (Å²) in [5.74, 6) is 0.805. The van der Waals surface area contributed by atoms with Gasteiger partial charge in [-0.2, -0.15) is 0 Å². The van der Waals surface area contributed by atoms with Crippen molar-refractivity contribution in [2.24, 2.45) is 0 Å². The molecule has 108 valence electrons. The van der Waals surface area contributed by atoms with Crippen molar-refractivity contribution in [3.05, 3.63) is 46.2 Å². The van der Waals surface area contributed by atoms with Gasteiger partial charge in [0.15, 0.2) is 5.76 Å². The Balaban J connectivity index is 1.64. The second-order valence-electron chi connectivity index (χ2n) is 4.78. The summed E-state index contributed by atoms with van der Waals surface area (Å²) >= 11 is 1.61. The first-order chi connectivity index (χ1) is 10.2. The highest BCUT2D eigenvalue weighted by Crippen LogP contribution is 2.18. The van der Waals surface area contributed by atoms with Crippen LogP contribution in [0.1, 0.15) is 15.8 Å². The molecule has 0 saturated carbocycles. The predicted octanol–water partition coefficient (Wildman–Crippen LogP) is 2.53. The molecule has 0 amide bonds. The summed E-state index contributed by atoms with van der Waals surface area (Å²) in [6.07, 6.45) is 1.74.